The van der Waals surface area contributed by atoms with Gasteiger partial charge >= 0.3 is 0 Å². The quantitative estimate of drug-likeness (QED) is 0.814. The normalized spacial score (nSPS) is 16.5. The molecular formula is C12H16N2O. The first-order valence-corrected chi connectivity index (χ1v) is 5.53. The summed E-state index contributed by atoms with van der Waals surface area (Å²) >= 11 is 0. The minimum atomic E-state index is 0.133. The van der Waals surface area contributed by atoms with Crippen molar-refractivity contribution in [2.24, 2.45) is 0 Å². The van der Waals surface area contributed by atoms with Gasteiger partial charge in [-0.1, -0.05) is 12.8 Å². The van der Waals surface area contributed by atoms with E-state index in [-0.39, 0.29) is 5.91 Å². The Labute approximate surface area is 89.9 Å². The Morgan fingerprint density at radius 3 is 2.67 bits per heavy atom. The van der Waals surface area contributed by atoms with E-state index >= 15 is 0 Å². The summed E-state index contributed by atoms with van der Waals surface area (Å²) in [6.45, 7) is 0. The standard InChI is InChI=1S/C12H16N2O/c15-12(14-11-3-1-2-4-11)9-10-5-7-13-8-6-10/h5-8,11H,1-4,9H2,(H,14,15). The zero-order valence-corrected chi connectivity index (χ0v) is 8.78. The monoisotopic (exact) mass is 204 g/mol. The molecule has 1 heterocycles. The highest BCUT2D eigenvalue weighted by molar-refractivity contribution is 5.78. The van der Waals surface area contributed by atoms with Gasteiger partial charge in [0.05, 0.1) is 6.42 Å². The lowest BCUT2D eigenvalue weighted by Crippen LogP contribution is -2.33. The van der Waals surface area contributed by atoms with Crippen LogP contribution in [0, 0.1) is 0 Å². The van der Waals surface area contributed by atoms with Gasteiger partial charge in [-0.25, -0.2) is 0 Å². The fourth-order valence-corrected chi connectivity index (χ4v) is 2.03. The molecule has 3 nitrogen and oxygen atoms in total. The zero-order valence-electron chi connectivity index (χ0n) is 8.78. The predicted molar refractivity (Wildman–Crippen MR) is 58.3 cm³/mol. The molecule has 1 fully saturated rings. The second-order valence-electron chi connectivity index (χ2n) is 4.08. The first-order chi connectivity index (χ1) is 7.34. The van der Waals surface area contributed by atoms with Gasteiger partial charge in [-0.15, -0.1) is 0 Å². The van der Waals surface area contributed by atoms with E-state index in [0.29, 0.717) is 12.5 Å². The average Bonchev–Trinajstić information content (AvgIpc) is 2.71. The minimum Gasteiger partial charge on any atom is -0.353 e. The fraction of sp³-hybridized carbons (Fsp3) is 0.500. The Morgan fingerprint density at radius 1 is 1.33 bits per heavy atom. The van der Waals surface area contributed by atoms with Crippen LogP contribution in [0.2, 0.25) is 0 Å². The van der Waals surface area contributed by atoms with Crippen molar-refractivity contribution >= 4 is 5.91 Å². The predicted octanol–water partition coefficient (Wildman–Crippen LogP) is 1.68. The van der Waals surface area contributed by atoms with Crippen molar-refractivity contribution in [2.45, 2.75) is 38.1 Å². The number of nitrogens with one attached hydrogen (secondary N) is 1. The van der Waals surface area contributed by atoms with Gasteiger partial charge in [-0.2, -0.15) is 0 Å². The van der Waals surface area contributed by atoms with E-state index in [1.54, 1.807) is 12.4 Å². The van der Waals surface area contributed by atoms with Crippen LogP contribution in [0.1, 0.15) is 31.2 Å². The summed E-state index contributed by atoms with van der Waals surface area (Å²) in [7, 11) is 0. The SMILES string of the molecule is O=C(Cc1ccncc1)NC1CCCC1. The highest BCUT2D eigenvalue weighted by Gasteiger charge is 2.16. The van der Waals surface area contributed by atoms with E-state index in [9.17, 15) is 4.79 Å². The Balaban J connectivity index is 1.82. The van der Waals surface area contributed by atoms with Crippen molar-refractivity contribution in [1.82, 2.24) is 10.3 Å². The average molecular weight is 204 g/mol. The highest BCUT2D eigenvalue weighted by atomic mass is 16.1. The van der Waals surface area contributed by atoms with Crippen molar-refractivity contribution in [3.8, 4) is 0 Å². The topological polar surface area (TPSA) is 42.0 Å². The van der Waals surface area contributed by atoms with Crippen LogP contribution < -0.4 is 5.32 Å². The maximum Gasteiger partial charge on any atom is 0.224 e. The number of amides is 1. The molecule has 0 atom stereocenters. The molecule has 15 heavy (non-hydrogen) atoms. The van der Waals surface area contributed by atoms with Crippen molar-refractivity contribution in [1.29, 1.82) is 0 Å². The lowest BCUT2D eigenvalue weighted by atomic mass is 10.1. The number of pyridine rings is 1. The number of hydrogen-bond acceptors (Lipinski definition) is 2. The maximum absolute atomic E-state index is 11.6. The van der Waals surface area contributed by atoms with E-state index in [0.717, 1.165) is 18.4 Å². The van der Waals surface area contributed by atoms with Crippen LogP contribution in [0.4, 0.5) is 0 Å². The van der Waals surface area contributed by atoms with Crippen LogP contribution in [0.15, 0.2) is 24.5 Å². The largest absolute Gasteiger partial charge is 0.353 e. The first-order valence-electron chi connectivity index (χ1n) is 5.53. The number of aromatic nitrogens is 1. The zero-order chi connectivity index (χ0) is 10.5. The summed E-state index contributed by atoms with van der Waals surface area (Å²) in [5.41, 5.74) is 1.03. The van der Waals surface area contributed by atoms with Crippen molar-refractivity contribution in [2.75, 3.05) is 0 Å². The molecule has 0 unspecified atom stereocenters. The molecule has 1 amide bonds. The molecule has 0 radical (unpaired) electrons. The lowest BCUT2D eigenvalue weighted by Gasteiger charge is -2.11. The third-order valence-electron chi connectivity index (χ3n) is 2.83. The van der Waals surface area contributed by atoms with Crippen molar-refractivity contribution in [3.05, 3.63) is 30.1 Å². The second-order valence-corrected chi connectivity index (χ2v) is 4.08. The smallest absolute Gasteiger partial charge is 0.224 e. The van der Waals surface area contributed by atoms with Gasteiger partial charge in [0.1, 0.15) is 0 Å². The molecule has 80 valence electrons. The molecule has 3 heteroatoms. The number of rotatable bonds is 3. The third-order valence-corrected chi connectivity index (χ3v) is 2.83. The Morgan fingerprint density at radius 2 is 2.00 bits per heavy atom. The summed E-state index contributed by atoms with van der Waals surface area (Å²) in [6, 6.07) is 4.18. The lowest BCUT2D eigenvalue weighted by molar-refractivity contribution is -0.121. The van der Waals surface area contributed by atoms with Gasteiger partial charge in [0, 0.05) is 18.4 Å². The van der Waals surface area contributed by atoms with Gasteiger partial charge in [0.2, 0.25) is 5.91 Å². The molecule has 1 saturated carbocycles. The molecule has 2 rings (SSSR count). The van der Waals surface area contributed by atoms with Gasteiger partial charge in [0.25, 0.3) is 0 Å². The Hall–Kier alpha value is -1.38. The molecule has 1 N–H and O–H groups in total. The van der Waals surface area contributed by atoms with E-state index in [1.807, 2.05) is 12.1 Å². The molecule has 0 bridgehead atoms. The van der Waals surface area contributed by atoms with E-state index in [4.69, 9.17) is 0 Å². The van der Waals surface area contributed by atoms with Crippen LogP contribution >= 0.6 is 0 Å². The fourth-order valence-electron chi connectivity index (χ4n) is 2.03. The number of nitrogens with zero attached hydrogens (tertiary/aromatic N) is 1. The van der Waals surface area contributed by atoms with Crippen LogP contribution in [-0.2, 0) is 11.2 Å². The van der Waals surface area contributed by atoms with Gasteiger partial charge in [0.15, 0.2) is 0 Å². The molecule has 1 aromatic rings. The molecule has 0 aromatic carbocycles. The van der Waals surface area contributed by atoms with Gasteiger partial charge in [-0.05, 0) is 30.5 Å². The summed E-state index contributed by atoms with van der Waals surface area (Å²) in [5, 5.41) is 3.07. The van der Waals surface area contributed by atoms with Crippen LogP contribution in [0.3, 0.4) is 0 Å². The van der Waals surface area contributed by atoms with Gasteiger partial charge < -0.3 is 5.32 Å². The second kappa shape index (κ2) is 4.91. The van der Waals surface area contributed by atoms with E-state index in [2.05, 4.69) is 10.3 Å². The van der Waals surface area contributed by atoms with E-state index < -0.39 is 0 Å². The van der Waals surface area contributed by atoms with E-state index in [1.165, 1.54) is 12.8 Å². The molecule has 0 saturated heterocycles. The van der Waals surface area contributed by atoms with Crippen LogP contribution in [0.5, 0.6) is 0 Å². The van der Waals surface area contributed by atoms with Crippen LogP contribution in [-0.4, -0.2) is 16.9 Å². The summed E-state index contributed by atoms with van der Waals surface area (Å²) in [6.07, 6.45) is 8.69. The number of carbonyl (C=O) groups excluding carboxylic acids is 1. The maximum atomic E-state index is 11.6. The Bertz CT molecular complexity index is 318. The summed E-state index contributed by atoms with van der Waals surface area (Å²) < 4.78 is 0. The molecular weight excluding hydrogens is 188 g/mol. The first kappa shape index (κ1) is 10.1. The van der Waals surface area contributed by atoms with Gasteiger partial charge in [-0.3, -0.25) is 9.78 Å². The number of hydrogen-bond donors (Lipinski definition) is 1. The molecule has 0 spiro atoms. The number of carbonyl (C=O) groups is 1. The molecule has 1 aliphatic carbocycles. The highest BCUT2D eigenvalue weighted by Crippen LogP contribution is 2.17. The van der Waals surface area contributed by atoms with Crippen molar-refractivity contribution in [3.63, 3.8) is 0 Å². The third kappa shape index (κ3) is 3.05. The summed E-state index contributed by atoms with van der Waals surface area (Å²) in [5.74, 6) is 0.133. The van der Waals surface area contributed by atoms with Crippen molar-refractivity contribution < 1.29 is 4.79 Å². The molecule has 0 aliphatic heterocycles. The summed E-state index contributed by atoms with van der Waals surface area (Å²) in [4.78, 5) is 15.6. The van der Waals surface area contributed by atoms with Crippen LogP contribution in [0.25, 0.3) is 0 Å². The minimum absolute atomic E-state index is 0.133. The molecule has 1 aromatic heterocycles. The molecule has 1 aliphatic rings. The Kier molecular flexibility index (Phi) is 3.33.